The van der Waals surface area contributed by atoms with E-state index in [2.05, 4.69) is 9.97 Å². The Hall–Kier alpha value is -1.51. The van der Waals surface area contributed by atoms with Crippen LogP contribution in [0.2, 0.25) is 0 Å². The van der Waals surface area contributed by atoms with Crippen molar-refractivity contribution >= 4 is 15.6 Å². The second-order valence-corrected chi connectivity index (χ2v) is 6.26. The fourth-order valence-electron chi connectivity index (χ4n) is 1.84. The fourth-order valence-corrected chi connectivity index (χ4v) is 2.36. The van der Waals surface area contributed by atoms with Crippen molar-refractivity contribution in [3.05, 3.63) is 17.5 Å². The minimum atomic E-state index is -4.51. The van der Waals surface area contributed by atoms with Gasteiger partial charge in [0.1, 0.15) is 0 Å². The van der Waals surface area contributed by atoms with E-state index in [9.17, 15) is 26.4 Å². The van der Waals surface area contributed by atoms with Gasteiger partial charge in [0.15, 0.2) is 5.78 Å². The molecule has 1 aliphatic carbocycles. The van der Waals surface area contributed by atoms with Gasteiger partial charge < -0.3 is 0 Å². The first kappa shape index (κ1) is 13.9. The maximum absolute atomic E-state index is 12.6. The normalized spacial score (nSPS) is 20.2. The third-order valence-corrected chi connectivity index (χ3v) is 3.67. The summed E-state index contributed by atoms with van der Waals surface area (Å²) in [5.41, 5.74) is -0.193. The smallest absolute Gasteiger partial charge is 0.294 e. The zero-order chi connectivity index (χ0) is 14.4. The average molecular weight is 294 g/mol. The van der Waals surface area contributed by atoms with Crippen LogP contribution in [0.5, 0.6) is 0 Å². The number of ketones is 1. The largest absolute Gasteiger partial charge is 0.392 e. The molecule has 0 spiro atoms. The summed E-state index contributed by atoms with van der Waals surface area (Å²) < 4.78 is 60.4. The molecule has 1 heterocycles. The number of hydrogen-bond donors (Lipinski definition) is 0. The Morgan fingerprint density at radius 1 is 1.32 bits per heavy atom. The fraction of sp³-hybridized carbons (Fsp3) is 0.500. The second kappa shape index (κ2) is 4.26. The van der Waals surface area contributed by atoms with Crippen molar-refractivity contribution in [2.24, 2.45) is 5.92 Å². The molecule has 1 aliphatic rings. The lowest BCUT2D eigenvalue weighted by molar-refractivity contribution is -0.174. The Balaban J connectivity index is 2.48. The molecular formula is C10H9F3N2O3S. The molecule has 0 N–H and O–H groups in total. The summed E-state index contributed by atoms with van der Waals surface area (Å²) in [5.74, 6) is -2.54. The highest BCUT2D eigenvalue weighted by Gasteiger charge is 2.44. The predicted molar refractivity (Wildman–Crippen MR) is 57.3 cm³/mol. The predicted octanol–water partition coefficient (Wildman–Crippen LogP) is 1.19. The van der Waals surface area contributed by atoms with E-state index in [4.69, 9.17) is 0 Å². The van der Waals surface area contributed by atoms with E-state index in [0.717, 1.165) is 12.5 Å². The van der Waals surface area contributed by atoms with Crippen molar-refractivity contribution in [2.75, 3.05) is 6.26 Å². The van der Waals surface area contributed by atoms with Crippen molar-refractivity contribution in [3.8, 4) is 0 Å². The topological polar surface area (TPSA) is 77.0 Å². The first-order chi connectivity index (χ1) is 8.59. The lowest BCUT2D eigenvalue weighted by Gasteiger charge is -2.24. The zero-order valence-electron chi connectivity index (χ0n) is 9.73. The highest BCUT2D eigenvalue weighted by molar-refractivity contribution is 7.90. The van der Waals surface area contributed by atoms with Gasteiger partial charge in [0, 0.05) is 25.3 Å². The first-order valence-corrected chi connectivity index (χ1v) is 7.14. The van der Waals surface area contributed by atoms with Gasteiger partial charge in [0.05, 0.1) is 17.2 Å². The van der Waals surface area contributed by atoms with Crippen LogP contribution in [-0.2, 0) is 16.3 Å². The number of sulfone groups is 1. The monoisotopic (exact) mass is 294 g/mol. The van der Waals surface area contributed by atoms with Gasteiger partial charge in [-0.15, -0.1) is 0 Å². The molecule has 0 fully saturated rings. The Kier molecular flexibility index (Phi) is 3.12. The van der Waals surface area contributed by atoms with Crippen molar-refractivity contribution in [1.82, 2.24) is 9.97 Å². The molecule has 0 aliphatic heterocycles. The molecule has 104 valence electrons. The number of fused-ring (bicyclic) bond motifs is 1. The number of rotatable bonds is 1. The zero-order valence-corrected chi connectivity index (χ0v) is 10.5. The van der Waals surface area contributed by atoms with E-state index in [1.807, 2.05) is 0 Å². The first-order valence-electron chi connectivity index (χ1n) is 5.25. The number of aromatic nitrogens is 2. The molecule has 1 aromatic rings. The molecule has 0 aromatic carbocycles. The maximum Gasteiger partial charge on any atom is 0.392 e. The van der Waals surface area contributed by atoms with Crippen LogP contribution in [0, 0.1) is 5.92 Å². The SMILES string of the molecule is CS(=O)(=O)c1ncc2c(n1)C[C@@H](C(F)(F)F)CC2=O. The van der Waals surface area contributed by atoms with Crippen LogP contribution >= 0.6 is 0 Å². The maximum atomic E-state index is 12.6. The molecule has 9 heteroatoms. The molecule has 0 radical (unpaired) electrons. The number of carbonyl (C=O) groups excluding carboxylic acids is 1. The Morgan fingerprint density at radius 2 is 1.95 bits per heavy atom. The van der Waals surface area contributed by atoms with Gasteiger partial charge in [-0.05, 0) is 0 Å². The number of nitrogens with zero attached hydrogens (tertiary/aromatic N) is 2. The molecular weight excluding hydrogens is 285 g/mol. The summed E-state index contributed by atoms with van der Waals surface area (Å²) >= 11 is 0. The molecule has 1 aromatic heterocycles. The van der Waals surface area contributed by atoms with Gasteiger partial charge in [-0.2, -0.15) is 13.2 Å². The van der Waals surface area contributed by atoms with Gasteiger partial charge in [0.25, 0.3) is 0 Å². The van der Waals surface area contributed by atoms with Gasteiger partial charge in [-0.3, -0.25) is 4.79 Å². The van der Waals surface area contributed by atoms with Gasteiger partial charge in [-0.1, -0.05) is 0 Å². The molecule has 0 saturated heterocycles. The average Bonchev–Trinajstić information content (AvgIpc) is 2.25. The number of hydrogen-bond acceptors (Lipinski definition) is 5. The van der Waals surface area contributed by atoms with Crippen LogP contribution < -0.4 is 0 Å². The van der Waals surface area contributed by atoms with Crippen molar-refractivity contribution in [3.63, 3.8) is 0 Å². The third-order valence-electron chi connectivity index (χ3n) is 2.81. The molecule has 0 amide bonds. The van der Waals surface area contributed by atoms with Gasteiger partial charge in [-0.25, -0.2) is 18.4 Å². The third kappa shape index (κ3) is 2.75. The van der Waals surface area contributed by atoms with Crippen molar-refractivity contribution in [2.45, 2.75) is 24.2 Å². The molecule has 19 heavy (non-hydrogen) atoms. The molecule has 0 unspecified atom stereocenters. The number of halogens is 3. The van der Waals surface area contributed by atoms with E-state index in [1.165, 1.54) is 0 Å². The summed E-state index contributed by atoms with van der Waals surface area (Å²) in [6, 6.07) is 0. The molecule has 0 bridgehead atoms. The van der Waals surface area contributed by atoms with E-state index in [-0.39, 0.29) is 11.3 Å². The Bertz CT molecular complexity index is 640. The quantitative estimate of drug-likeness (QED) is 0.727. The lowest BCUT2D eigenvalue weighted by Crippen LogP contribution is -2.33. The molecule has 2 rings (SSSR count). The molecule has 0 saturated carbocycles. The summed E-state index contributed by atoms with van der Waals surface area (Å²) in [6.45, 7) is 0. The second-order valence-electron chi connectivity index (χ2n) is 4.36. The summed E-state index contributed by atoms with van der Waals surface area (Å²) in [4.78, 5) is 18.7. The number of Topliss-reactive ketones (excluding diaryl/α,β-unsaturated/α-hetero) is 1. The highest BCUT2D eigenvalue weighted by atomic mass is 32.2. The highest BCUT2D eigenvalue weighted by Crippen LogP contribution is 2.36. The van der Waals surface area contributed by atoms with E-state index >= 15 is 0 Å². The van der Waals surface area contributed by atoms with Crippen molar-refractivity contribution < 1.29 is 26.4 Å². The minimum absolute atomic E-state index is 0.0344. The van der Waals surface area contributed by atoms with Gasteiger partial charge >= 0.3 is 6.18 Å². The van der Waals surface area contributed by atoms with Gasteiger partial charge in [0.2, 0.25) is 15.0 Å². The van der Waals surface area contributed by atoms with E-state index < -0.39 is 45.7 Å². The molecule has 5 nitrogen and oxygen atoms in total. The lowest BCUT2D eigenvalue weighted by atomic mass is 9.86. The van der Waals surface area contributed by atoms with Crippen LogP contribution in [0.4, 0.5) is 13.2 Å². The van der Waals surface area contributed by atoms with Crippen LogP contribution in [0.3, 0.4) is 0 Å². The van der Waals surface area contributed by atoms with E-state index in [1.54, 1.807) is 0 Å². The Morgan fingerprint density at radius 3 is 2.47 bits per heavy atom. The van der Waals surface area contributed by atoms with Crippen molar-refractivity contribution in [1.29, 1.82) is 0 Å². The Labute approximate surface area is 106 Å². The minimum Gasteiger partial charge on any atom is -0.294 e. The summed E-state index contributed by atoms with van der Waals surface area (Å²) in [5, 5.41) is -0.568. The van der Waals surface area contributed by atoms with E-state index in [0.29, 0.717) is 0 Å². The number of alkyl halides is 3. The summed E-state index contributed by atoms with van der Waals surface area (Å²) in [7, 11) is -3.72. The summed E-state index contributed by atoms with van der Waals surface area (Å²) in [6.07, 6.45) is -3.84. The van der Waals surface area contributed by atoms with Crippen LogP contribution in [-0.4, -0.2) is 36.6 Å². The van der Waals surface area contributed by atoms with Crippen LogP contribution in [0.25, 0.3) is 0 Å². The molecule has 1 atom stereocenters. The van der Waals surface area contributed by atoms with Crippen LogP contribution in [0.15, 0.2) is 11.4 Å². The van der Waals surface area contributed by atoms with Crippen LogP contribution in [0.1, 0.15) is 22.5 Å². The standard InChI is InChI=1S/C10H9F3N2O3S/c1-19(17,18)9-14-4-6-7(15-9)2-5(3-8(6)16)10(11,12)13/h4-5H,2-3H2,1H3/t5-/m1/s1. The number of carbonyl (C=O) groups is 1.